The van der Waals surface area contributed by atoms with Gasteiger partial charge in [0, 0.05) is 5.54 Å². The van der Waals surface area contributed by atoms with Gasteiger partial charge >= 0.3 is 0 Å². The third kappa shape index (κ3) is 6.74. The highest BCUT2D eigenvalue weighted by Crippen LogP contribution is 2.18. The van der Waals surface area contributed by atoms with Gasteiger partial charge in [0.25, 0.3) is 0 Å². The summed E-state index contributed by atoms with van der Waals surface area (Å²) in [5, 5.41) is 3.46. The molecule has 2 nitrogen and oxygen atoms in total. The topological polar surface area (TPSA) is 38.0 Å². The Kier molecular flexibility index (Phi) is 6.53. The maximum Gasteiger partial charge on any atom is 0.0109 e. The lowest BCUT2D eigenvalue weighted by atomic mass is 9.97. The predicted octanol–water partition coefficient (Wildman–Crippen LogP) is 3.46. The van der Waals surface area contributed by atoms with E-state index in [0.717, 1.165) is 25.9 Å². The van der Waals surface area contributed by atoms with E-state index in [2.05, 4.69) is 57.3 Å². The van der Waals surface area contributed by atoms with Gasteiger partial charge in [0.1, 0.15) is 0 Å². The summed E-state index contributed by atoms with van der Waals surface area (Å²) >= 11 is 0. The molecule has 0 aliphatic carbocycles. The summed E-state index contributed by atoms with van der Waals surface area (Å²) < 4.78 is 0. The van der Waals surface area contributed by atoms with E-state index in [9.17, 15) is 0 Å². The summed E-state index contributed by atoms with van der Waals surface area (Å²) in [6.07, 6.45) is 3.31. The molecule has 0 aliphatic heterocycles. The third-order valence-corrected chi connectivity index (χ3v) is 3.70. The zero-order valence-corrected chi connectivity index (χ0v) is 13.0. The molecule has 0 radical (unpaired) electrons. The van der Waals surface area contributed by atoms with Crippen LogP contribution >= 0.6 is 0 Å². The zero-order chi connectivity index (χ0) is 14.3. The van der Waals surface area contributed by atoms with E-state index >= 15 is 0 Å². The van der Waals surface area contributed by atoms with Crippen LogP contribution in [0, 0.1) is 0 Å². The molecule has 0 saturated carbocycles. The Labute approximate surface area is 118 Å². The highest BCUT2D eigenvalue weighted by atomic mass is 14.9. The molecule has 0 saturated heterocycles. The molecular weight excluding hydrogens is 232 g/mol. The minimum Gasteiger partial charge on any atom is -0.326 e. The van der Waals surface area contributed by atoms with Crippen molar-refractivity contribution < 1.29 is 0 Å². The molecule has 2 heteroatoms. The lowest BCUT2D eigenvalue weighted by Gasteiger charge is -2.18. The predicted molar refractivity (Wildman–Crippen MR) is 84.6 cm³/mol. The van der Waals surface area contributed by atoms with Crippen molar-refractivity contribution in [3.8, 4) is 0 Å². The van der Waals surface area contributed by atoms with Crippen LogP contribution in [0.5, 0.6) is 0 Å². The summed E-state index contributed by atoms with van der Waals surface area (Å²) in [6, 6.07) is 9.06. The Bertz CT molecular complexity index is 349. The van der Waals surface area contributed by atoms with Crippen molar-refractivity contribution in [2.24, 2.45) is 5.73 Å². The first kappa shape index (κ1) is 16.2. The van der Waals surface area contributed by atoms with Gasteiger partial charge in [-0.05, 0) is 63.2 Å². The van der Waals surface area contributed by atoms with E-state index in [1.165, 1.54) is 17.5 Å². The fourth-order valence-corrected chi connectivity index (χ4v) is 2.02. The molecule has 0 heterocycles. The molecule has 0 amide bonds. The summed E-state index contributed by atoms with van der Waals surface area (Å²) in [4.78, 5) is 0. The number of hydrogen-bond acceptors (Lipinski definition) is 2. The van der Waals surface area contributed by atoms with Crippen molar-refractivity contribution in [1.82, 2.24) is 5.32 Å². The van der Waals surface area contributed by atoms with Crippen LogP contribution in [0.4, 0.5) is 0 Å². The molecule has 19 heavy (non-hydrogen) atoms. The van der Waals surface area contributed by atoms with Gasteiger partial charge < -0.3 is 11.1 Å². The number of hydrogen-bond donors (Lipinski definition) is 2. The minimum absolute atomic E-state index is 0.0645. The standard InChI is InChI=1S/C17H30N2/c1-5-14(2)16-8-6-15(7-9-16)10-12-19-13-11-17(3,4)18/h6-9,14,19H,5,10-13,18H2,1-4H3. The Morgan fingerprint density at radius 2 is 1.79 bits per heavy atom. The number of rotatable bonds is 8. The smallest absolute Gasteiger partial charge is 0.0109 e. The highest BCUT2D eigenvalue weighted by molar-refractivity contribution is 5.25. The lowest BCUT2D eigenvalue weighted by Crippen LogP contribution is -2.36. The van der Waals surface area contributed by atoms with Crippen LogP contribution in [0.1, 0.15) is 57.6 Å². The lowest BCUT2D eigenvalue weighted by molar-refractivity contribution is 0.456. The SMILES string of the molecule is CCC(C)c1ccc(CCNCCC(C)(C)N)cc1. The van der Waals surface area contributed by atoms with Gasteiger partial charge in [-0.15, -0.1) is 0 Å². The van der Waals surface area contributed by atoms with Crippen LogP contribution in [0.15, 0.2) is 24.3 Å². The van der Waals surface area contributed by atoms with Gasteiger partial charge in [-0.3, -0.25) is 0 Å². The molecule has 1 atom stereocenters. The summed E-state index contributed by atoms with van der Waals surface area (Å²) in [5.74, 6) is 0.666. The molecular formula is C17H30N2. The van der Waals surface area contributed by atoms with Gasteiger partial charge in [-0.25, -0.2) is 0 Å². The summed E-state index contributed by atoms with van der Waals surface area (Å²) in [5.41, 5.74) is 8.74. The van der Waals surface area contributed by atoms with Crippen molar-refractivity contribution in [3.63, 3.8) is 0 Å². The molecule has 0 fully saturated rings. The van der Waals surface area contributed by atoms with Crippen LogP contribution in [-0.4, -0.2) is 18.6 Å². The molecule has 3 N–H and O–H groups in total. The van der Waals surface area contributed by atoms with Gasteiger partial charge in [0.2, 0.25) is 0 Å². The average Bonchev–Trinajstić information content (AvgIpc) is 2.37. The van der Waals surface area contributed by atoms with Crippen LogP contribution in [0.2, 0.25) is 0 Å². The second kappa shape index (κ2) is 7.66. The van der Waals surface area contributed by atoms with Crippen molar-refractivity contribution in [2.45, 2.75) is 58.4 Å². The molecule has 108 valence electrons. The summed E-state index contributed by atoms with van der Waals surface area (Å²) in [6.45, 7) is 10.7. The van der Waals surface area contributed by atoms with E-state index in [1.54, 1.807) is 0 Å². The fourth-order valence-electron chi connectivity index (χ4n) is 2.02. The van der Waals surface area contributed by atoms with Crippen LogP contribution in [-0.2, 0) is 6.42 Å². The largest absolute Gasteiger partial charge is 0.326 e. The van der Waals surface area contributed by atoms with Crippen molar-refractivity contribution >= 4 is 0 Å². The first-order chi connectivity index (χ1) is 8.92. The molecule has 0 aliphatic rings. The third-order valence-electron chi connectivity index (χ3n) is 3.70. The molecule has 1 aromatic rings. The van der Waals surface area contributed by atoms with E-state index in [-0.39, 0.29) is 5.54 Å². The van der Waals surface area contributed by atoms with Gasteiger partial charge in [-0.2, -0.15) is 0 Å². The van der Waals surface area contributed by atoms with Crippen LogP contribution < -0.4 is 11.1 Å². The van der Waals surface area contributed by atoms with Gasteiger partial charge in [0.15, 0.2) is 0 Å². The molecule has 1 unspecified atom stereocenters. The molecule has 0 bridgehead atoms. The zero-order valence-electron chi connectivity index (χ0n) is 13.0. The van der Waals surface area contributed by atoms with Crippen LogP contribution in [0.3, 0.4) is 0 Å². The maximum absolute atomic E-state index is 5.95. The Morgan fingerprint density at radius 1 is 1.16 bits per heavy atom. The number of nitrogens with two attached hydrogens (primary N) is 1. The highest BCUT2D eigenvalue weighted by Gasteiger charge is 2.08. The molecule has 0 spiro atoms. The van der Waals surface area contributed by atoms with Gasteiger partial charge in [-0.1, -0.05) is 38.1 Å². The van der Waals surface area contributed by atoms with E-state index in [0.29, 0.717) is 5.92 Å². The Balaban J connectivity index is 2.27. The maximum atomic E-state index is 5.95. The van der Waals surface area contributed by atoms with E-state index in [4.69, 9.17) is 5.73 Å². The molecule has 1 aromatic carbocycles. The molecule has 0 aromatic heterocycles. The Morgan fingerprint density at radius 3 is 2.32 bits per heavy atom. The first-order valence-corrected chi connectivity index (χ1v) is 7.51. The average molecular weight is 262 g/mol. The van der Waals surface area contributed by atoms with Crippen molar-refractivity contribution in [3.05, 3.63) is 35.4 Å². The Hall–Kier alpha value is -0.860. The van der Waals surface area contributed by atoms with Gasteiger partial charge in [0.05, 0.1) is 0 Å². The summed E-state index contributed by atoms with van der Waals surface area (Å²) in [7, 11) is 0. The van der Waals surface area contributed by atoms with Crippen molar-refractivity contribution in [1.29, 1.82) is 0 Å². The molecule has 1 rings (SSSR count). The first-order valence-electron chi connectivity index (χ1n) is 7.51. The van der Waals surface area contributed by atoms with E-state index < -0.39 is 0 Å². The minimum atomic E-state index is -0.0645. The van der Waals surface area contributed by atoms with Crippen LogP contribution in [0.25, 0.3) is 0 Å². The number of benzene rings is 1. The normalized spacial score (nSPS) is 13.5. The quantitative estimate of drug-likeness (QED) is 0.704. The number of nitrogens with one attached hydrogen (secondary N) is 1. The van der Waals surface area contributed by atoms with Crippen molar-refractivity contribution in [2.75, 3.05) is 13.1 Å². The second-order valence-electron chi connectivity index (χ2n) is 6.29. The monoisotopic (exact) mass is 262 g/mol. The van der Waals surface area contributed by atoms with E-state index in [1.807, 2.05) is 0 Å². The fraction of sp³-hybridized carbons (Fsp3) is 0.647. The second-order valence-corrected chi connectivity index (χ2v) is 6.29.